The zero-order valence-corrected chi connectivity index (χ0v) is 7.60. The maximum absolute atomic E-state index is 11.1. The minimum absolute atomic E-state index is 0.135. The summed E-state index contributed by atoms with van der Waals surface area (Å²) in [6.07, 6.45) is 0. The van der Waals surface area contributed by atoms with Crippen molar-refractivity contribution < 1.29 is 9.59 Å². The Bertz CT molecular complexity index is 184. The van der Waals surface area contributed by atoms with E-state index in [9.17, 15) is 9.59 Å². The standard InChI is InChI=1S/C7H15N3O2/c1-7(2,3)6(12)10-9-5(11)4-8/h4,8H2,1-3H3,(H,9,11)(H,10,12). The van der Waals surface area contributed by atoms with Gasteiger partial charge >= 0.3 is 0 Å². The summed E-state index contributed by atoms with van der Waals surface area (Å²) in [5.41, 5.74) is 8.92. The number of carbonyl (C=O) groups excluding carboxylic acids is 2. The molecule has 0 radical (unpaired) electrons. The van der Waals surface area contributed by atoms with Crippen LogP contribution in [0.3, 0.4) is 0 Å². The Morgan fingerprint density at radius 3 is 2.08 bits per heavy atom. The third-order valence-electron chi connectivity index (χ3n) is 1.18. The quantitative estimate of drug-likeness (QED) is 0.451. The monoisotopic (exact) mass is 173 g/mol. The van der Waals surface area contributed by atoms with Crippen molar-refractivity contribution in [3.63, 3.8) is 0 Å². The SMILES string of the molecule is CC(C)(C)C(=O)NNC(=O)CN. The Labute approximate surface area is 71.7 Å². The molecule has 0 bridgehead atoms. The van der Waals surface area contributed by atoms with Gasteiger partial charge in [0.25, 0.3) is 5.91 Å². The molecule has 0 aromatic carbocycles. The molecule has 0 spiro atoms. The van der Waals surface area contributed by atoms with Crippen LogP contribution in [0, 0.1) is 5.41 Å². The van der Waals surface area contributed by atoms with Crippen LogP contribution in [0.4, 0.5) is 0 Å². The molecule has 0 saturated heterocycles. The summed E-state index contributed by atoms with van der Waals surface area (Å²) in [7, 11) is 0. The van der Waals surface area contributed by atoms with E-state index in [1.54, 1.807) is 20.8 Å². The van der Waals surface area contributed by atoms with E-state index >= 15 is 0 Å². The number of carbonyl (C=O) groups is 2. The predicted octanol–water partition coefficient (Wildman–Crippen LogP) is -0.861. The van der Waals surface area contributed by atoms with Gasteiger partial charge in [-0.3, -0.25) is 20.4 Å². The molecule has 0 aromatic heterocycles. The van der Waals surface area contributed by atoms with E-state index < -0.39 is 11.3 Å². The zero-order chi connectivity index (χ0) is 9.78. The predicted molar refractivity (Wildman–Crippen MR) is 44.8 cm³/mol. The second-order valence-electron chi connectivity index (χ2n) is 3.46. The lowest BCUT2D eigenvalue weighted by Gasteiger charge is -2.17. The first-order valence-electron chi connectivity index (χ1n) is 3.67. The first kappa shape index (κ1) is 10.9. The summed E-state index contributed by atoms with van der Waals surface area (Å²) in [4.78, 5) is 21.7. The summed E-state index contributed by atoms with van der Waals surface area (Å²) in [6.45, 7) is 5.11. The number of amides is 2. The van der Waals surface area contributed by atoms with Crippen LogP contribution in [0.2, 0.25) is 0 Å². The maximum atomic E-state index is 11.1. The van der Waals surface area contributed by atoms with E-state index in [4.69, 9.17) is 5.73 Å². The third kappa shape index (κ3) is 3.92. The Morgan fingerprint density at radius 1 is 1.25 bits per heavy atom. The van der Waals surface area contributed by atoms with Gasteiger partial charge in [-0.1, -0.05) is 20.8 Å². The van der Waals surface area contributed by atoms with E-state index in [1.807, 2.05) is 0 Å². The molecule has 4 N–H and O–H groups in total. The van der Waals surface area contributed by atoms with E-state index in [2.05, 4.69) is 10.9 Å². The summed E-state index contributed by atoms with van der Waals surface area (Å²) in [6, 6.07) is 0. The van der Waals surface area contributed by atoms with Crippen molar-refractivity contribution in [2.24, 2.45) is 11.1 Å². The summed E-state index contributed by atoms with van der Waals surface area (Å²) >= 11 is 0. The normalized spacial score (nSPS) is 10.7. The molecule has 0 aliphatic heterocycles. The topological polar surface area (TPSA) is 84.2 Å². The lowest BCUT2D eigenvalue weighted by molar-refractivity contribution is -0.133. The molecule has 0 aromatic rings. The fourth-order valence-electron chi connectivity index (χ4n) is 0.365. The van der Waals surface area contributed by atoms with Crippen molar-refractivity contribution in [3.8, 4) is 0 Å². The van der Waals surface area contributed by atoms with Gasteiger partial charge in [0.2, 0.25) is 5.91 Å². The Hall–Kier alpha value is -1.10. The van der Waals surface area contributed by atoms with E-state index in [0.717, 1.165) is 0 Å². The maximum Gasteiger partial charge on any atom is 0.252 e. The Balaban J connectivity index is 3.81. The zero-order valence-electron chi connectivity index (χ0n) is 7.60. The first-order chi connectivity index (χ1) is 5.38. The number of rotatable bonds is 1. The molecule has 5 heteroatoms. The van der Waals surface area contributed by atoms with Gasteiger partial charge in [0.15, 0.2) is 0 Å². The highest BCUT2D eigenvalue weighted by atomic mass is 16.2. The van der Waals surface area contributed by atoms with Crippen molar-refractivity contribution >= 4 is 11.8 Å². The molecule has 0 aliphatic rings. The minimum atomic E-state index is -0.512. The number of hydrogen-bond donors (Lipinski definition) is 3. The highest BCUT2D eigenvalue weighted by Crippen LogP contribution is 2.11. The average molecular weight is 173 g/mol. The molecule has 0 rings (SSSR count). The van der Waals surface area contributed by atoms with Gasteiger partial charge in [-0.15, -0.1) is 0 Å². The molecule has 0 fully saturated rings. The van der Waals surface area contributed by atoms with Gasteiger partial charge in [-0.25, -0.2) is 0 Å². The molecule has 70 valence electrons. The fraction of sp³-hybridized carbons (Fsp3) is 0.714. The van der Waals surface area contributed by atoms with Crippen LogP contribution >= 0.6 is 0 Å². The fourth-order valence-corrected chi connectivity index (χ4v) is 0.365. The van der Waals surface area contributed by atoms with Crippen molar-refractivity contribution in [1.29, 1.82) is 0 Å². The Morgan fingerprint density at radius 2 is 1.75 bits per heavy atom. The second-order valence-corrected chi connectivity index (χ2v) is 3.46. The number of hydrazine groups is 1. The molecular weight excluding hydrogens is 158 g/mol. The van der Waals surface area contributed by atoms with Crippen LogP contribution < -0.4 is 16.6 Å². The molecule has 5 nitrogen and oxygen atoms in total. The number of nitrogens with one attached hydrogen (secondary N) is 2. The number of nitrogens with two attached hydrogens (primary N) is 1. The summed E-state index contributed by atoms with van der Waals surface area (Å²) < 4.78 is 0. The van der Waals surface area contributed by atoms with Crippen LogP contribution in [-0.2, 0) is 9.59 Å². The highest BCUT2D eigenvalue weighted by Gasteiger charge is 2.20. The highest BCUT2D eigenvalue weighted by molar-refractivity contribution is 5.85. The van der Waals surface area contributed by atoms with E-state index in [0.29, 0.717) is 0 Å². The molecule has 0 saturated carbocycles. The summed E-state index contributed by atoms with van der Waals surface area (Å²) in [5.74, 6) is -0.656. The molecular formula is C7H15N3O2. The van der Waals surface area contributed by atoms with Crippen LogP contribution in [-0.4, -0.2) is 18.4 Å². The van der Waals surface area contributed by atoms with Crippen LogP contribution in [0.1, 0.15) is 20.8 Å². The average Bonchev–Trinajstić information content (AvgIpc) is 1.97. The smallest absolute Gasteiger partial charge is 0.252 e. The molecule has 0 atom stereocenters. The van der Waals surface area contributed by atoms with E-state index in [-0.39, 0.29) is 12.5 Å². The van der Waals surface area contributed by atoms with Crippen LogP contribution in [0.5, 0.6) is 0 Å². The van der Waals surface area contributed by atoms with Gasteiger partial charge in [0.05, 0.1) is 6.54 Å². The van der Waals surface area contributed by atoms with Crippen molar-refractivity contribution in [2.45, 2.75) is 20.8 Å². The first-order valence-corrected chi connectivity index (χ1v) is 3.67. The molecule has 0 heterocycles. The van der Waals surface area contributed by atoms with Gasteiger partial charge in [0, 0.05) is 5.41 Å². The lowest BCUT2D eigenvalue weighted by Crippen LogP contribution is -2.48. The minimum Gasteiger partial charge on any atom is -0.322 e. The Kier molecular flexibility index (Phi) is 3.69. The molecule has 0 unspecified atom stereocenters. The third-order valence-corrected chi connectivity index (χ3v) is 1.18. The van der Waals surface area contributed by atoms with Gasteiger partial charge in [-0.05, 0) is 0 Å². The molecule has 0 aliphatic carbocycles. The number of hydrogen-bond acceptors (Lipinski definition) is 3. The van der Waals surface area contributed by atoms with E-state index in [1.165, 1.54) is 0 Å². The summed E-state index contributed by atoms with van der Waals surface area (Å²) in [5, 5.41) is 0. The molecule has 12 heavy (non-hydrogen) atoms. The van der Waals surface area contributed by atoms with Crippen LogP contribution in [0.25, 0.3) is 0 Å². The van der Waals surface area contributed by atoms with Crippen molar-refractivity contribution in [3.05, 3.63) is 0 Å². The van der Waals surface area contributed by atoms with Gasteiger partial charge < -0.3 is 5.73 Å². The largest absolute Gasteiger partial charge is 0.322 e. The van der Waals surface area contributed by atoms with Crippen molar-refractivity contribution in [1.82, 2.24) is 10.9 Å². The van der Waals surface area contributed by atoms with Crippen LogP contribution in [0.15, 0.2) is 0 Å². The molecule has 2 amide bonds. The second kappa shape index (κ2) is 4.06. The van der Waals surface area contributed by atoms with Crippen molar-refractivity contribution in [2.75, 3.05) is 6.54 Å². The van der Waals surface area contributed by atoms with Gasteiger partial charge in [0.1, 0.15) is 0 Å². The van der Waals surface area contributed by atoms with Gasteiger partial charge in [-0.2, -0.15) is 0 Å². The lowest BCUT2D eigenvalue weighted by atomic mass is 9.96.